The highest BCUT2D eigenvalue weighted by atomic mass is 16.5. The third-order valence-corrected chi connectivity index (χ3v) is 5.21. The van der Waals surface area contributed by atoms with Crippen molar-refractivity contribution in [1.82, 2.24) is 5.32 Å². The Kier molecular flexibility index (Phi) is 5.29. The number of anilines is 1. The molecule has 1 aliphatic rings. The van der Waals surface area contributed by atoms with E-state index in [2.05, 4.69) is 28.4 Å². The Labute approximate surface area is 165 Å². The minimum Gasteiger partial charge on any atom is -0.497 e. The van der Waals surface area contributed by atoms with Crippen molar-refractivity contribution in [3.8, 4) is 5.75 Å². The third kappa shape index (κ3) is 3.86. The molecule has 1 unspecified atom stereocenters. The number of hydrogen-bond acceptors (Lipinski definition) is 3. The number of benzene rings is 3. The van der Waals surface area contributed by atoms with Crippen LogP contribution in [-0.2, 0) is 11.2 Å². The summed E-state index contributed by atoms with van der Waals surface area (Å²) in [6.45, 7) is 1.24. The first-order chi connectivity index (χ1) is 13.7. The Morgan fingerprint density at radius 2 is 1.64 bits per heavy atom. The lowest BCUT2D eigenvalue weighted by Crippen LogP contribution is -2.38. The number of nitrogens with one attached hydrogen (secondary N) is 1. The molecule has 4 rings (SSSR count). The number of carbonyl (C=O) groups is 1. The van der Waals surface area contributed by atoms with Crippen LogP contribution in [0.1, 0.15) is 22.7 Å². The average molecular weight is 372 g/mol. The first-order valence-corrected chi connectivity index (χ1v) is 9.56. The summed E-state index contributed by atoms with van der Waals surface area (Å²) >= 11 is 0. The van der Waals surface area contributed by atoms with Gasteiger partial charge in [-0.15, -0.1) is 0 Å². The smallest absolute Gasteiger partial charge is 0.240 e. The van der Waals surface area contributed by atoms with E-state index in [1.54, 1.807) is 7.11 Å². The van der Waals surface area contributed by atoms with Crippen LogP contribution in [0.4, 0.5) is 5.69 Å². The number of fused-ring (bicyclic) bond motifs is 1. The molecule has 0 saturated heterocycles. The van der Waals surface area contributed by atoms with Gasteiger partial charge in [0.2, 0.25) is 5.91 Å². The first-order valence-electron chi connectivity index (χ1n) is 9.56. The molecular formula is C24H24N2O2. The standard InChI is InChI=1S/C24H24N2O2/c1-28-21-13-11-20(12-14-21)24(19-8-3-2-4-9-19)25-23(27)17-26-16-15-18-7-5-6-10-22(18)26/h2-14,24H,15-17H2,1H3,(H,25,27). The van der Waals surface area contributed by atoms with Crippen molar-refractivity contribution in [3.63, 3.8) is 0 Å². The van der Waals surface area contributed by atoms with Crippen LogP contribution >= 0.6 is 0 Å². The predicted molar refractivity (Wildman–Crippen MR) is 112 cm³/mol. The maximum absolute atomic E-state index is 12.9. The zero-order chi connectivity index (χ0) is 19.3. The summed E-state index contributed by atoms with van der Waals surface area (Å²) < 4.78 is 5.26. The molecular weight excluding hydrogens is 348 g/mol. The topological polar surface area (TPSA) is 41.6 Å². The molecule has 0 saturated carbocycles. The van der Waals surface area contributed by atoms with E-state index in [9.17, 15) is 4.79 Å². The van der Waals surface area contributed by atoms with E-state index >= 15 is 0 Å². The minimum atomic E-state index is -0.197. The van der Waals surface area contributed by atoms with Gasteiger partial charge in [0.25, 0.3) is 0 Å². The van der Waals surface area contributed by atoms with E-state index < -0.39 is 0 Å². The van der Waals surface area contributed by atoms with Crippen molar-refractivity contribution in [3.05, 3.63) is 95.6 Å². The van der Waals surface area contributed by atoms with Crippen molar-refractivity contribution >= 4 is 11.6 Å². The highest BCUT2D eigenvalue weighted by Gasteiger charge is 2.23. The van der Waals surface area contributed by atoms with Gasteiger partial charge in [0.1, 0.15) is 5.75 Å². The molecule has 4 nitrogen and oxygen atoms in total. The average Bonchev–Trinajstić information content (AvgIpc) is 3.15. The summed E-state index contributed by atoms with van der Waals surface area (Å²) in [6, 6.07) is 26.0. The van der Waals surface area contributed by atoms with Crippen LogP contribution in [-0.4, -0.2) is 26.1 Å². The number of nitrogens with zero attached hydrogens (tertiary/aromatic N) is 1. The van der Waals surface area contributed by atoms with Gasteiger partial charge in [-0.1, -0.05) is 60.7 Å². The van der Waals surface area contributed by atoms with Crippen molar-refractivity contribution in [2.75, 3.05) is 25.1 Å². The van der Waals surface area contributed by atoms with Crippen molar-refractivity contribution in [2.45, 2.75) is 12.5 Å². The Balaban J connectivity index is 1.53. The lowest BCUT2D eigenvalue weighted by Gasteiger charge is -2.23. The SMILES string of the molecule is COc1ccc(C(NC(=O)CN2CCc3ccccc32)c2ccccc2)cc1. The van der Waals surface area contributed by atoms with Gasteiger partial charge in [0, 0.05) is 12.2 Å². The van der Waals surface area contributed by atoms with E-state index in [-0.39, 0.29) is 11.9 Å². The van der Waals surface area contributed by atoms with E-state index in [0.717, 1.165) is 29.8 Å². The summed E-state index contributed by atoms with van der Waals surface area (Å²) in [5.41, 5.74) is 4.56. The molecule has 0 spiro atoms. The van der Waals surface area contributed by atoms with Gasteiger partial charge in [-0.05, 0) is 41.3 Å². The quantitative estimate of drug-likeness (QED) is 0.712. The fraction of sp³-hybridized carbons (Fsp3) is 0.208. The van der Waals surface area contributed by atoms with Crippen LogP contribution in [0.5, 0.6) is 5.75 Å². The summed E-state index contributed by atoms with van der Waals surface area (Å²) in [6.07, 6.45) is 0.990. The number of hydrogen-bond donors (Lipinski definition) is 1. The second-order valence-electron chi connectivity index (χ2n) is 6.98. The van der Waals surface area contributed by atoms with Gasteiger partial charge in [-0.25, -0.2) is 0 Å². The van der Waals surface area contributed by atoms with E-state index in [0.29, 0.717) is 6.54 Å². The predicted octanol–water partition coefficient (Wildman–Crippen LogP) is 3.96. The zero-order valence-electron chi connectivity index (χ0n) is 16.0. The first kappa shape index (κ1) is 18.1. The lowest BCUT2D eigenvalue weighted by molar-refractivity contribution is -0.120. The molecule has 0 fully saturated rings. The van der Waals surface area contributed by atoms with Gasteiger partial charge < -0.3 is 15.0 Å². The van der Waals surface area contributed by atoms with Crippen LogP contribution in [0.2, 0.25) is 0 Å². The van der Waals surface area contributed by atoms with Gasteiger partial charge in [0.05, 0.1) is 19.7 Å². The number of rotatable bonds is 6. The van der Waals surface area contributed by atoms with Crippen LogP contribution in [0.3, 0.4) is 0 Å². The Bertz CT molecular complexity index is 938. The summed E-state index contributed by atoms with van der Waals surface area (Å²) in [5, 5.41) is 3.22. The lowest BCUT2D eigenvalue weighted by atomic mass is 9.98. The highest BCUT2D eigenvalue weighted by molar-refractivity contribution is 5.83. The monoisotopic (exact) mass is 372 g/mol. The van der Waals surface area contributed by atoms with Crippen molar-refractivity contribution < 1.29 is 9.53 Å². The van der Waals surface area contributed by atoms with Crippen LogP contribution in [0, 0.1) is 0 Å². The van der Waals surface area contributed by atoms with Gasteiger partial charge in [-0.2, -0.15) is 0 Å². The molecule has 0 bridgehead atoms. The molecule has 1 atom stereocenters. The largest absolute Gasteiger partial charge is 0.497 e. The third-order valence-electron chi connectivity index (χ3n) is 5.21. The Morgan fingerprint density at radius 1 is 0.964 bits per heavy atom. The second-order valence-corrected chi connectivity index (χ2v) is 6.98. The fourth-order valence-electron chi connectivity index (χ4n) is 3.75. The van der Waals surface area contributed by atoms with Gasteiger partial charge in [-0.3, -0.25) is 4.79 Å². The van der Waals surface area contributed by atoms with Crippen LogP contribution in [0.25, 0.3) is 0 Å². The highest BCUT2D eigenvalue weighted by Crippen LogP contribution is 2.28. The maximum atomic E-state index is 12.9. The van der Waals surface area contributed by atoms with Crippen molar-refractivity contribution in [1.29, 1.82) is 0 Å². The number of para-hydroxylation sites is 1. The molecule has 1 N–H and O–H groups in total. The number of ether oxygens (including phenoxy) is 1. The van der Waals surface area contributed by atoms with Crippen LogP contribution < -0.4 is 15.0 Å². The summed E-state index contributed by atoms with van der Waals surface area (Å²) in [4.78, 5) is 15.1. The Morgan fingerprint density at radius 3 is 2.39 bits per heavy atom. The molecule has 28 heavy (non-hydrogen) atoms. The second kappa shape index (κ2) is 8.17. The van der Waals surface area contributed by atoms with E-state index in [4.69, 9.17) is 4.74 Å². The normalized spacial score (nSPS) is 13.7. The summed E-state index contributed by atoms with van der Waals surface area (Å²) in [5.74, 6) is 0.817. The number of methoxy groups -OCH3 is 1. The Hall–Kier alpha value is -3.27. The fourth-order valence-corrected chi connectivity index (χ4v) is 3.75. The number of amides is 1. The molecule has 1 aliphatic heterocycles. The molecule has 3 aromatic carbocycles. The van der Waals surface area contributed by atoms with Crippen LogP contribution in [0.15, 0.2) is 78.9 Å². The molecule has 1 heterocycles. The zero-order valence-corrected chi connectivity index (χ0v) is 16.0. The van der Waals surface area contributed by atoms with Crippen molar-refractivity contribution in [2.24, 2.45) is 0 Å². The molecule has 142 valence electrons. The van der Waals surface area contributed by atoms with E-state index in [1.165, 1.54) is 11.3 Å². The number of carbonyl (C=O) groups excluding carboxylic acids is 1. The molecule has 4 heteroatoms. The minimum absolute atomic E-state index is 0.0152. The summed E-state index contributed by atoms with van der Waals surface area (Å²) in [7, 11) is 1.65. The molecule has 0 aromatic heterocycles. The molecule has 0 aliphatic carbocycles. The molecule has 3 aromatic rings. The maximum Gasteiger partial charge on any atom is 0.240 e. The van der Waals surface area contributed by atoms with Gasteiger partial charge >= 0.3 is 0 Å². The molecule has 1 amide bonds. The van der Waals surface area contributed by atoms with Gasteiger partial charge in [0.15, 0.2) is 0 Å². The molecule has 0 radical (unpaired) electrons. The van der Waals surface area contributed by atoms with E-state index in [1.807, 2.05) is 60.7 Å².